The normalized spacial score (nSPS) is 40.9. The first-order valence-corrected chi connectivity index (χ1v) is 19.7. The second-order valence-corrected chi connectivity index (χ2v) is 18.8. The number of rotatable bonds is 9. The Bertz CT molecular complexity index is 1300. The van der Waals surface area contributed by atoms with Gasteiger partial charge < -0.3 is 20.3 Å². The lowest BCUT2D eigenvalue weighted by atomic mass is 9.38. The average molecular weight is 668 g/mol. The Balaban J connectivity index is 1.22. The molecule has 6 aliphatic rings. The van der Waals surface area contributed by atoms with Gasteiger partial charge in [0.25, 0.3) is 0 Å². The molecule has 0 radical (unpaired) electrons. The zero-order valence-electron chi connectivity index (χ0n) is 31.0. The molecule has 3 N–H and O–H groups in total. The van der Waals surface area contributed by atoms with Gasteiger partial charge in [0.15, 0.2) is 5.78 Å². The van der Waals surface area contributed by atoms with Gasteiger partial charge in [-0.2, -0.15) is 0 Å². The van der Waals surface area contributed by atoms with Crippen molar-refractivity contribution >= 4 is 17.7 Å². The lowest BCUT2D eigenvalue weighted by Gasteiger charge is -2.67. The highest BCUT2D eigenvalue weighted by Gasteiger charge is 2.66. The van der Waals surface area contributed by atoms with Crippen molar-refractivity contribution in [1.82, 2.24) is 5.32 Å². The molecule has 0 amide bonds. The molecule has 0 saturated heterocycles. The summed E-state index contributed by atoms with van der Waals surface area (Å²) >= 11 is 0. The highest BCUT2D eigenvalue weighted by Crippen LogP contribution is 2.72. The standard InChI is InChI=1S/C41H65NO6/c1-24(2)35-30(43)21-41(33(44)23-42-26-11-9-8-10-12-26)20-16-29-27(36(35)41)13-14-32-39(6)19-17-31(25(3)28(39)15-18-40(29,32)7)48-34(45)22-38(4,5)37(46)47/h24-29,31-33,42,44H,8-23H2,1-7H3,(H,46,47). The molecule has 0 aromatic rings. The van der Waals surface area contributed by atoms with Crippen molar-refractivity contribution in [2.45, 2.75) is 163 Å². The minimum atomic E-state index is -1.14. The number of fused-ring (bicyclic) bond motifs is 7. The smallest absolute Gasteiger partial charge is 0.309 e. The summed E-state index contributed by atoms with van der Waals surface area (Å²) in [6, 6.07) is 0.484. The van der Waals surface area contributed by atoms with Gasteiger partial charge in [0.1, 0.15) is 6.10 Å². The zero-order valence-corrected chi connectivity index (χ0v) is 31.0. The van der Waals surface area contributed by atoms with Crippen LogP contribution in [0.2, 0.25) is 0 Å². The number of aliphatic hydroxyl groups is 1. The number of carbonyl (C=O) groups excluding carboxylic acids is 2. The maximum Gasteiger partial charge on any atom is 0.309 e. The number of allylic oxidation sites excluding steroid dienone is 1. The molecule has 0 heterocycles. The number of carboxylic acid groups (broad SMARTS) is 1. The van der Waals surface area contributed by atoms with Crippen LogP contribution in [0, 0.1) is 57.2 Å². The Morgan fingerprint density at radius 1 is 0.938 bits per heavy atom. The Kier molecular flexibility index (Phi) is 9.85. The number of ether oxygens (including phenoxy) is 1. The third kappa shape index (κ3) is 5.93. The molecule has 0 aromatic carbocycles. The molecular formula is C41H65NO6. The largest absolute Gasteiger partial charge is 0.481 e. The lowest BCUT2D eigenvalue weighted by Crippen LogP contribution is -2.61. The molecule has 0 aromatic heterocycles. The van der Waals surface area contributed by atoms with Gasteiger partial charge in [0.2, 0.25) is 0 Å². The number of esters is 1. The quantitative estimate of drug-likeness (QED) is 0.215. The van der Waals surface area contributed by atoms with E-state index in [9.17, 15) is 24.6 Å². The van der Waals surface area contributed by atoms with Gasteiger partial charge in [-0.05, 0) is 130 Å². The van der Waals surface area contributed by atoms with Crippen molar-refractivity contribution in [2.24, 2.45) is 57.2 Å². The fourth-order valence-corrected chi connectivity index (χ4v) is 13.0. The number of ketones is 1. The number of nitrogens with one attached hydrogen (secondary N) is 1. The first-order valence-electron chi connectivity index (χ1n) is 19.7. The molecule has 0 bridgehead atoms. The van der Waals surface area contributed by atoms with Crippen molar-refractivity contribution in [1.29, 1.82) is 0 Å². The van der Waals surface area contributed by atoms with Gasteiger partial charge in [-0.25, -0.2) is 0 Å². The van der Waals surface area contributed by atoms with Crippen LogP contribution in [0.3, 0.4) is 0 Å². The van der Waals surface area contributed by atoms with Gasteiger partial charge in [0.05, 0.1) is 17.9 Å². The Labute approximate surface area is 289 Å². The van der Waals surface area contributed by atoms with E-state index in [0.29, 0.717) is 42.7 Å². The molecule has 270 valence electrons. The Hall–Kier alpha value is -1.73. The van der Waals surface area contributed by atoms with Gasteiger partial charge in [-0.15, -0.1) is 0 Å². The van der Waals surface area contributed by atoms with E-state index < -0.39 is 28.9 Å². The third-order valence-electron chi connectivity index (χ3n) is 15.5. The van der Waals surface area contributed by atoms with E-state index in [2.05, 4.69) is 39.9 Å². The summed E-state index contributed by atoms with van der Waals surface area (Å²) < 4.78 is 6.05. The van der Waals surface area contributed by atoms with Crippen LogP contribution < -0.4 is 5.32 Å². The fourth-order valence-electron chi connectivity index (χ4n) is 13.0. The number of carboxylic acids is 1. The van der Waals surface area contributed by atoms with Crippen molar-refractivity contribution in [3.05, 3.63) is 11.1 Å². The first kappa shape index (κ1) is 36.1. The molecule has 7 heteroatoms. The van der Waals surface area contributed by atoms with Crippen molar-refractivity contribution < 1.29 is 29.3 Å². The number of carbonyl (C=O) groups is 3. The van der Waals surface area contributed by atoms with E-state index in [1.807, 2.05) is 0 Å². The second-order valence-electron chi connectivity index (χ2n) is 18.8. The topological polar surface area (TPSA) is 113 Å². The van der Waals surface area contributed by atoms with E-state index in [1.165, 1.54) is 37.7 Å². The summed E-state index contributed by atoms with van der Waals surface area (Å²) in [7, 11) is 0. The van der Waals surface area contributed by atoms with Crippen molar-refractivity contribution in [3.63, 3.8) is 0 Å². The third-order valence-corrected chi connectivity index (χ3v) is 15.5. The van der Waals surface area contributed by atoms with Crippen LogP contribution in [0.5, 0.6) is 0 Å². The number of aliphatic hydroxyl groups excluding tert-OH is 1. The van der Waals surface area contributed by atoms with Gasteiger partial charge >= 0.3 is 11.9 Å². The molecule has 10 atom stereocenters. The molecule has 6 rings (SSSR count). The Morgan fingerprint density at radius 3 is 2.25 bits per heavy atom. The van der Waals surface area contributed by atoms with E-state index in [4.69, 9.17) is 4.74 Å². The van der Waals surface area contributed by atoms with Crippen LogP contribution in [-0.2, 0) is 19.1 Å². The predicted molar refractivity (Wildman–Crippen MR) is 187 cm³/mol. The van der Waals surface area contributed by atoms with E-state index in [-0.39, 0.29) is 41.0 Å². The van der Waals surface area contributed by atoms with Crippen molar-refractivity contribution in [3.8, 4) is 0 Å². The first-order chi connectivity index (χ1) is 22.5. The van der Waals surface area contributed by atoms with Crippen LogP contribution in [0.25, 0.3) is 0 Å². The molecule has 6 aliphatic carbocycles. The number of aliphatic carboxylic acids is 1. The minimum absolute atomic E-state index is 0.110. The van der Waals surface area contributed by atoms with E-state index in [0.717, 1.165) is 56.9 Å². The van der Waals surface area contributed by atoms with Crippen LogP contribution >= 0.6 is 0 Å². The van der Waals surface area contributed by atoms with Gasteiger partial charge in [-0.3, -0.25) is 14.4 Å². The van der Waals surface area contributed by atoms with E-state index >= 15 is 0 Å². The SMILES string of the molecule is CC(C)C1=C2C3CCC4C(C)(CCC5C(C)C(OC(=O)CC(C)(C)C(=O)O)CCC54C)C3CCC2(C(O)CNC2CCCCC2)CC1=O. The number of hydrogen-bond acceptors (Lipinski definition) is 6. The Morgan fingerprint density at radius 2 is 1.58 bits per heavy atom. The molecule has 10 unspecified atom stereocenters. The summed E-state index contributed by atoms with van der Waals surface area (Å²) in [4.78, 5) is 38.4. The number of hydrogen-bond donors (Lipinski definition) is 3. The van der Waals surface area contributed by atoms with E-state index in [1.54, 1.807) is 13.8 Å². The van der Waals surface area contributed by atoms with Crippen LogP contribution in [-0.4, -0.2) is 52.7 Å². The van der Waals surface area contributed by atoms with Crippen molar-refractivity contribution in [2.75, 3.05) is 6.54 Å². The zero-order chi connectivity index (χ0) is 34.8. The molecule has 48 heavy (non-hydrogen) atoms. The van der Waals surface area contributed by atoms with Crippen LogP contribution in [0.4, 0.5) is 0 Å². The van der Waals surface area contributed by atoms with Crippen LogP contribution in [0.15, 0.2) is 11.1 Å². The summed E-state index contributed by atoms with van der Waals surface area (Å²) in [5.74, 6) is 1.22. The predicted octanol–water partition coefficient (Wildman–Crippen LogP) is 7.88. The molecule has 7 nitrogen and oxygen atoms in total. The molecule has 5 saturated carbocycles. The highest BCUT2D eigenvalue weighted by molar-refractivity contribution is 6.00. The molecule has 0 aliphatic heterocycles. The fraction of sp³-hybridized carbons (Fsp3) is 0.878. The number of Topliss-reactive ketones (excluding diaryl/α,β-unsaturated/α-hetero) is 1. The highest BCUT2D eigenvalue weighted by atomic mass is 16.5. The average Bonchev–Trinajstić information content (AvgIpc) is 3.35. The molecular weight excluding hydrogens is 602 g/mol. The van der Waals surface area contributed by atoms with Gasteiger partial charge in [0, 0.05) is 24.4 Å². The van der Waals surface area contributed by atoms with Gasteiger partial charge in [-0.1, -0.05) is 59.5 Å². The second kappa shape index (κ2) is 13.1. The maximum absolute atomic E-state index is 13.9. The molecule has 0 spiro atoms. The summed E-state index contributed by atoms with van der Waals surface area (Å²) in [5.41, 5.74) is 1.17. The monoisotopic (exact) mass is 667 g/mol. The lowest BCUT2D eigenvalue weighted by molar-refractivity contribution is -0.193. The maximum atomic E-state index is 13.9. The summed E-state index contributed by atoms with van der Waals surface area (Å²) in [6.45, 7) is 15.5. The summed E-state index contributed by atoms with van der Waals surface area (Å²) in [5, 5.41) is 25.3. The summed E-state index contributed by atoms with van der Waals surface area (Å²) in [6.07, 6.45) is 14.2. The van der Waals surface area contributed by atoms with Crippen LogP contribution in [0.1, 0.15) is 145 Å². The minimum Gasteiger partial charge on any atom is -0.481 e. The molecule has 5 fully saturated rings.